The number of fused-ring (bicyclic) bond motifs is 1. The first-order chi connectivity index (χ1) is 17.4. The second-order valence-corrected chi connectivity index (χ2v) is 10.6. The van der Waals surface area contributed by atoms with E-state index in [0.29, 0.717) is 17.7 Å². The van der Waals surface area contributed by atoms with Crippen LogP contribution in [0.2, 0.25) is 0 Å². The summed E-state index contributed by atoms with van der Waals surface area (Å²) in [5.41, 5.74) is 5.99. The van der Waals surface area contributed by atoms with E-state index in [-0.39, 0.29) is 11.5 Å². The standard InChI is InChI=1S/C32H32ClNO2/c1-32(2,3)36-27-17-19-29-24(20-27)14-18-28(22-8-5-4-6-9-22)31(29)23-12-15-26(16-13-23)35-30-11-7-10-25(21-33)34-30/h4-13,15-17,19-20,28,31H,14,18,21H2,1-3H3/t28-,31+/m1/s1. The van der Waals surface area contributed by atoms with E-state index in [9.17, 15) is 0 Å². The Bertz CT molecular complexity index is 1310. The molecule has 0 amide bonds. The Kier molecular flexibility index (Phi) is 7.02. The summed E-state index contributed by atoms with van der Waals surface area (Å²) in [7, 11) is 0. The Hall–Kier alpha value is -3.30. The minimum Gasteiger partial charge on any atom is -0.488 e. The third-order valence-corrected chi connectivity index (χ3v) is 6.88. The lowest BCUT2D eigenvalue weighted by Gasteiger charge is -2.35. The monoisotopic (exact) mass is 497 g/mol. The lowest BCUT2D eigenvalue weighted by atomic mass is 9.69. The number of nitrogens with zero attached hydrogens (tertiary/aromatic N) is 1. The van der Waals surface area contributed by atoms with Gasteiger partial charge in [-0.25, -0.2) is 4.98 Å². The zero-order chi connectivity index (χ0) is 25.1. The number of hydrogen-bond acceptors (Lipinski definition) is 3. The number of ether oxygens (including phenoxy) is 2. The van der Waals surface area contributed by atoms with Crippen LogP contribution in [0, 0.1) is 0 Å². The molecule has 5 rings (SSSR count). The molecule has 0 unspecified atom stereocenters. The van der Waals surface area contributed by atoms with Gasteiger partial charge in [0.05, 0.1) is 11.6 Å². The van der Waals surface area contributed by atoms with Crippen molar-refractivity contribution in [1.29, 1.82) is 0 Å². The van der Waals surface area contributed by atoms with Gasteiger partial charge in [-0.3, -0.25) is 0 Å². The van der Waals surface area contributed by atoms with Gasteiger partial charge in [-0.1, -0.05) is 54.6 Å². The molecule has 1 aromatic heterocycles. The van der Waals surface area contributed by atoms with Crippen LogP contribution in [0.3, 0.4) is 0 Å². The molecule has 0 saturated carbocycles. The molecule has 0 fully saturated rings. The van der Waals surface area contributed by atoms with E-state index in [2.05, 4.69) is 86.4 Å². The van der Waals surface area contributed by atoms with E-state index in [1.807, 2.05) is 30.3 Å². The van der Waals surface area contributed by atoms with Gasteiger partial charge in [-0.2, -0.15) is 0 Å². The Morgan fingerprint density at radius 1 is 0.833 bits per heavy atom. The quantitative estimate of drug-likeness (QED) is 0.250. The molecule has 1 aliphatic rings. The third kappa shape index (κ3) is 5.57. The topological polar surface area (TPSA) is 31.4 Å². The molecule has 1 heterocycles. The van der Waals surface area contributed by atoms with Crippen LogP contribution in [-0.2, 0) is 12.3 Å². The summed E-state index contributed by atoms with van der Waals surface area (Å²) in [5.74, 6) is 3.28. The Labute approximate surface area is 219 Å². The van der Waals surface area contributed by atoms with E-state index < -0.39 is 0 Å². The highest BCUT2D eigenvalue weighted by molar-refractivity contribution is 6.16. The Morgan fingerprint density at radius 3 is 2.31 bits per heavy atom. The normalized spacial score (nSPS) is 17.3. The number of pyridine rings is 1. The summed E-state index contributed by atoms with van der Waals surface area (Å²) in [6.07, 6.45) is 2.13. The SMILES string of the molecule is CC(C)(C)Oc1ccc2c(c1)CC[C@H](c1ccccc1)[C@@H]2c1ccc(Oc2cccc(CCl)n2)cc1. The van der Waals surface area contributed by atoms with Crippen LogP contribution in [-0.4, -0.2) is 10.6 Å². The van der Waals surface area contributed by atoms with Crippen molar-refractivity contribution in [2.75, 3.05) is 0 Å². The van der Waals surface area contributed by atoms with Gasteiger partial charge < -0.3 is 9.47 Å². The molecule has 2 atom stereocenters. The molecular weight excluding hydrogens is 466 g/mol. The fraction of sp³-hybridized carbons (Fsp3) is 0.281. The predicted octanol–water partition coefficient (Wildman–Crippen LogP) is 8.65. The first-order valence-electron chi connectivity index (χ1n) is 12.6. The average molecular weight is 498 g/mol. The molecular formula is C32H32ClNO2. The molecule has 1 aliphatic carbocycles. The van der Waals surface area contributed by atoms with Crippen molar-refractivity contribution in [1.82, 2.24) is 4.98 Å². The van der Waals surface area contributed by atoms with Crippen molar-refractivity contribution >= 4 is 11.6 Å². The lowest BCUT2D eigenvalue weighted by Crippen LogP contribution is -2.24. The van der Waals surface area contributed by atoms with Gasteiger partial charge in [0.25, 0.3) is 0 Å². The fourth-order valence-corrected chi connectivity index (χ4v) is 5.29. The molecule has 4 heteroatoms. The summed E-state index contributed by atoms with van der Waals surface area (Å²) in [5, 5.41) is 0. The van der Waals surface area contributed by atoms with Crippen molar-refractivity contribution in [3.05, 3.63) is 119 Å². The summed E-state index contributed by atoms with van der Waals surface area (Å²) in [6.45, 7) is 6.27. The van der Waals surface area contributed by atoms with Crippen LogP contribution in [0.1, 0.15) is 67.0 Å². The fourth-order valence-electron chi connectivity index (χ4n) is 5.14. The van der Waals surface area contributed by atoms with Crippen molar-refractivity contribution in [3.63, 3.8) is 0 Å². The van der Waals surface area contributed by atoms with Crippen molar-refractivity contribution in [2.24, 2.45) is 0 Å². The van der Waals surface area contributed by atoms with Gasteiger partial charge in [0, 0.05) is 12.0 Å². The molecule has 0 radical (unpaired) electrons. The van der Waals surface area contributed by atoms with Crippen molar-refractivity contribution < 1.29 is 9.47 Å². The maximum Gasteiger partial charge on any atom is 0.219 e. The molecule has 36 heavy (non-hydrogen) atoms. The summed E-state index contributed by atoms with van der Waals surface area (Å²) in [6, 6.07) is 31.6. The number of aryl methyl sites for hydroxylation is 1. The number of halogens is 1. The molecule has 0 N–H and O–H groups in total. The zero-order valence-electron chi connectivity index (χ0n) is 21.1. The minimum atomic E-state index is -0.219. The van der Waals surface area contributed by atoms with Gasteiger partial charge in [-0.05, 0) is 92.1 Å². The zero-order valence-corrected chi connectivity index (χ0v) is 21.8. The maximum absolute atomic E-state index is 6.18. The van der Waals surface area contributed by atoms with Crippen LogP contribution in [0.4, 0.5) is 0 Å². The van der Waals surface area contributed by atoms with E-state index >= 15 is 0 Å². The van der Waals surface area contributed by atoms with E-state index in [1.54, 1.807) is 0 Å². The van der Waals surface area contributed by atoms with Gasteiger partial charge in [0.15, 0.2) is 0 Å². The highest BCUT2D eigenvalue weighted by Gasteiger charge is 2.32. The maximum atomic E-state index is 6.18. The van der Waals surface area contributed by atoms with Crippen LogP contribution >= 0.6 is 11.6 Å². The Balaban J connectivity index is 1.48. The van der Waals surface area contributed by atoms with Crippen molar-refractivity contribution in [3.8, 4) is 17.4 Å². The van der Waals surface area contributed by atoms with E-state index in [1.165, 1.54) is 22.3 Å². The number of hydrogen-bond donors (Lipinski definition) is 0. The van der Waals surface area contributed by atoms with Crippen LogP contribution in [0.25, 0.3) is 0 Å². The molecule has 0 bridgehead atoms. The van der Waals surface area contributed by atoms with Gasteiger partial charge >= 0.3 is 0 Å². The highest BCUT2D eigenvalue weighted by Crippen LogP contribution is 2.47. The smallest absolute Gasteiger partial charge is 0.219 e. The van der Waals surface area contributed by atoms with Crippen LogP contribution < -0.4 is 9.47 Å². The molecule has 4 aromatic rings. The summed E-state index contributed by atoms with van der Waals surface area (Å²) >= 11 is 5.93. The minimum absolute atomic E-state index is 0.219. The predicted molar refractivity (Wildman–Crippen MR) is 146 cm³/mol. The molecule has 3 nitrogen and oxygen atoms in total. The third-order valence-electron chi connectivity index (χ3n) is 6.61. The van der Waals surface area contributed by atoms with Crippen LogP contribution in [0.5, 0.6) is 17.4 Å². The average Bonchev–Trinajstić information content (AvgIpc) is 2.88. The van der Waals surface area contributed by atoms with Gasteiger partial charge in [-0.15, -0.1) is 11.6 Å². The molecule has 0 saturated heterocycles. The Morgan fingerprint density at radius 2 is 1.58 bits per heavy atom. The summed E-state index contributed by atoms with van der Waals surface area (Å²) < 4.78 is 12.2. The second kappa shape index (κ2) is 10.4. The number of alkyl halides is 1. The number of rotatable bonds is 6. The number of aromatic nitrogens is 1. The van der Waals surface area contributed by atoms with Gasteiger partial charge in [0.2, 0.25) is 5.88 Å². The second-order valence-electron chi connectivity index (χ2n) is 10.4. The molecule has 0 spiro atoms. The highest BCUT2D eigenvalue weighted by atomic mass is 35.5. The lowest BCUT2D eigenvalue weighted by molar-refractivity contribution is 0.130. The number of benzene rings is 3. The first kappa shape index (κ1) is 24.4. The van der Waals surface area contributed by atoms with E-state index in [4.69, 9.17) is 21.1 Å². The van der Waals surface area contributed by atoms with Crippen molar-refractivity contribution in [2.45, 2.75) is 56.9 Å². The molecule has 0 aliphatic heterocycles. The van der Waals surface area contributed by atoms with E-state index in [0.717, 1.165) is 30.0 Å². The van der Waals surface area contributed by atoms with Crippen LogP contribution in [0.15, 0.2) is 91.0 Å². The van der Waals surface area contributed by atoms with Gasteiger partial charge in [0.1, 0.15) is 17.1 Å². The largest absolute Gasteiger partial charge is 0.488 e. The summed E-state index contributed by atoms with van der Waals surface area (Å²) in [4.78, 5) is 4.45. The molecule has 184 valence electrons. The first-order valence-corrected chi connectivity index (χ1v) is 13.1. The molecule has 3 aromatic carbocycles.